The first-order valence-corrected chi connectivity index (χ1v) is 13.8. The van der Waals surface area contributed by atoms with Gasteiger partial charge in [-0.3, -0.25) is 9.59 Å². The summed E-state index contributed by atoms with van der Waals surface area (Å²) in [5, 5.41) is 9.68. The van der Waals surface area contributed by atoms with Crippen LogP contribution in [0.25, 0.3) is 0 Å². The Morgan fingerprint density at radius 1 is 1.17 bits per heavy atom. The topological polar surface area (TPSA) is 127 Å². The van der Waals surface area contributed by atoms with E-state index in [0.717, 1.165) is 18.5 Å². The molecule has 1 fully saturated rings. The Hall–Kier alpha value is -3.64. The lowest BCUT2D eigenvalue weighted by Gasteiger charge is -2.31. The van der Waals surface area contributed by atoms with Gasteiger partial charge in [0.05, 0.1) is 53.3 Å². The van der Waals surface area contributed by atoms with E-state index in [-0.39, 0.29) is 57.4 Å². The van der Waals surface area contributed by atoms with E-state index in [1.807, 2.05) is 19.1 Å². The lowest BCUT2D eigenvalue weighted by molar-refractivity contribution is 0.0476. The molecule has 3 N–H and O–H groups in total. The number of aromatic nitrogens is 2. The highest BCUT2D eigenvalue weighted by Gasteiger charge is 2.34. The summed E-state index contributed by atoms with van der Waals surface area (Å²) in [6.45, 7) is 3.37. The monoisotopic (exact) mass is 600 g/mol. The summed E-state index contributed by atoms with van der Waals surface area (Å²) in [4.78, 5) is 36.2. The summed E-state index contributed by atoms with van der Waals surface area (Å²) < 4.78 is 17.1. The molecule has 2 amide bonds. The van der Waals surface area contributed by atoms with Gasteiger partial charge < -0.3 is 35.1 Å². The third-order valence-electron chi connectivity index (χ3n) is 7.37. The molecule has 13 heteroatoms. The van der Waals surface area contributed by atoms with Gasteiger partial charge in [0.15, 0.2) is 0 Å². The van der Waals surface area contributed by atoms with Gasteiger partial charge in [0, 0.05) is 20.7 Å². The van der Waals surface area contributed by atoms with Crippen LogP contribution in [-0.2, 0) is 4.74 Å². The van der Waals surface area contributed by atoms with Gasteiger partial charge in [-0.15, -0.1) is 0 Å². The van der Waals surface area contributed by atoms with Crippen molar-refractivity contribution in [2.24, 2.45) is 0 Å². The lowest BCUT2D eigenvalue weighted by Crippen LogP contribution is -2.53. The Balaban J connectivity index is 1.37. The molecule has 3 atom stereocenters. The zero-order valence-electron chi connectivity index (χ0n) is 23.0. The summed E-state index contributed by atoms with van der Waals surface area (Å²) in [6, 6.07) is 8.28. The van der Waals surface area contributed by atoms with E-state index < -0.39 is 0 Å². The minimum atomic E-state index is -0.336. The van der Waals surface area contributed by atoms with Gasteiger partial charge in [0.1, 0.15) is 16.5 Å². The molecule has 0 saturated carbocycles. The van der Waals surface area contributed by atoms with Crippen molar-refractivity contribution < 1.29 is 23.8 Å². The average molecular weight is 601 g/mol. The van der Waals surface area contributed by atoms with Gasteiger partial charge >= 0.3 is 0 Å². The van der Waals surface area contributed by atoms with E-state index in [1.165, 1.54) is 13.3 Å². The number of amides is 2. The molecule has 0 bridgehead atoms. The first kappa shape index (κ1) is 28.9. The number of hydrogen-bond acceptors (Lipinski definition) is 9. The van der Waals surface area contributed by atoms with Crippen molar-refractivity contribution in [3.8, 4) is 17.4 Å². The molecule has 1 unspecified atom stereocenters. The molecule has 0 aliphatic carbocycles. The van der Waals surface area contributed by atoms with Crippen molar-refractivity contribution >= 4 is 46.7 Å². The van der Waals surface area contributed by atoms with Crippen LogP contribution in [-0.4, -0.2) is 73.2 Å². The SMILES string of the molecule is COc1cc(C(=O)N[C@H]2CCNC[C@H]2OC)c(Cl)cc1Nc1ncc(Cl)c(Oc2cccc3c2C(=O)N(C)C3C)n1. The fourth-order valence-corrected chi connectivity index (χ4v) is 5.34. The molecule has 1 saturated heterocycles. The van der Waals surface area contributed by atoms with Crippen LogP contribution in [0.4, 0.5) is 11.6 Å². The Bertz CT molecular complexity index is 1490. The molecule has 11 nitrogen and oxygen atoms in total. The lowest BCUT2D eigenvalue weighted by atomic mass is 10.0. The molecule has 216 valence electrons. The average Bonchev–Trinajstić information content (AvgIpc) is 3.19. The summed E-state index contributed by atoms with van der Waals surface area (Å²) >= 11 is 12.9. The molecule has 0 spiro atoms. The van der Waals surface area contributed by atoms with Crippen LogP contribution in [0.15, 0.2) is 36.5 Å². The molecule has 5 rings (SSSR count). The molecule has 1 aromatic heterocycles. The number of anilines is 2. The number of carbonyl (C=O) groups excluding carboxylic acids is 2. The molecule has 0 radical (unpaired) electrons. The van der Waals surface area contributed by atoms with Crippen LogP contribution in [0.3, 0.4) is 0 Å². The number of methoxy groups -OCH3 is 2. The first-order chi connectivity index (χ1) is 19.7. The summed E-state index contributed by atoms with van der Waals surface area (Å²) in [5.41, 5.74) is 2.01. The second-order valence-corrected chi connectivity index (χ2v) is 10.6. The largest absolute Gasteiger partial charge is 0.495 e. The number of fused-ring (bicyclic) bond motifs is 1. The van der Waals surface area contributed by atoms with Gasteiger partial charge in [0.25, 0.3) is 11.8 Å². The van der Waals surface area contributed by atoms with Crippen molar-refractivity contribution in [1.82, 2.24) is 25.5 Å². The molecule has 2 aromatic carbocycles. The number of rotatable bonds is 8. The maximum atomic E-state index is 13.1. The first-order valence-electron chi connectivity index (χ1n) is 13.0. The zero-order valence-corrected chi connectivity index (χ0v) is 24.5. The van der Waals surface area contributed by atoms with E-state index in [2.05, 4.69) is 25.9 Å². The fraction of sp³-hybridized carbons (Fsp3) is 0.357. The van der Waals surface area contributed by atoms with E-state index >= 15 is 0 Å². The molecule has 3 heterocycles. The maximum Gasteiger partial charge on any atom is 0.258 e. The zero-order chi connectivity index (χ0) is 29.3. The van der Waals surface area contributed by atoms with Gasteiger partial charge in [-0.2, -0.15) is 4.98 Å². The summed E-state index contributed by atoms with van der Waals surface area (Å²) in [6.07, 6.45) is 1.96. The Morgan fingerprint density at radius 2 is 1.98 bits per heavy atom. The number of halogens is 2. The second-order valence-electron chi connectivity index (χ2n) is 9.77. The van der Waals surface area contributed by atoms with Gasteiger partial charge in [-0.05, 0) is 43.7 Å². The maximum absolute atomic E-state index is 13.1. The van der Waals surface area contributed by atoms with Crippen LogP contribution in [0.2, 0.25) is 10.0 Å². The molecular weight excluding hydrogens is 571 g/mol. The van der Waals surface area contributed by atoms with Crippen LogP contribution in [0.5, 0.6) is 17.4 Å². The molecule has 2 aliphatic heterocycles. The van der Waals surface area contributed by atoms with Crippen molar-refractivity contribution in [2.75, 3.05) is 39.7 Å². The number of nitrogens with one attached hydrogen (secondary N) is 3. The number of piperidine rings is 1. The van der Waals surface area contributed by atoms with Crippen LogP contribution < -0.4 is 25.4 Å². The standard InChI is InChI=1S/C28H30Cl2N6O5/c1-14-15-6-5-7-21(24(15)27(38)36(14)2)41-26-18(30)12-32-28(35-26)34-20-11-17(29)16(10-22(20)39-3)25(37)33-19-8-9-31-13-23(19)40-4/h5-7,10-12,14,19,23,31H,8-9,13H2,1-4H3,(H,33,37)(H,32,34,35)/t14?,19-,23+/m0/s1. The van der Waals surface area contributed by atoms with Crippen molar-refractivity contribution in [3.05, 3.63) is 63.3 Å². The van der Waals surface area contributed by atoms with Crippen molar-refractivity contribution in [3.63, 3.8) is 0 Å². The number of carbonyl (C=O) groups is 2. The number of hydrogen-bond donors (Lipinski definition) is 3. The van der Waals surface area contributed by atoms with Gasteiger partial charge in [-0.1, -0.05) is 35.3 Å². The Labute approximate surface area is 247 Å². The minimum absolute atomic E-state index is 0.0586. The predicted molar refractivity (Wildman–Crippen MR) is 155 cm³/mol. The Kier molecular flexibility index (Phi) is 8.50. The van der Waals surface area contributed by atoms with E-state index in [9.17, 15) is 9.59 Å². The molecule has 2 aliphatic rings. The second kappa shape index (κ2) is 12.1. The summed E-state index contributed by atoms with van der Waals surface area (Å²) in [5.74, 6) is 0.403. The van der Waals surface area contributed by atoms with E-state index in [4.69, 9.17) is 37.4 Å². The predicted octanol–water partition coefficient (Wildman–Crippen LogP) is 4.58. The number of benzene rings is 2. The van der Waals surface area contributed by atoms with E-state index in [0.29, 0.717) is 29.3 Å². The highest BCUT2D eigenvalue weighted by atomic mass is 35.5. The number of nitrogens with zero attached hydrogens (tertiary/aromatic N) is 3. The molecular formula is C28H30Cl2N6O5. The quantitative estimate of drug-likeness (QED) is 0.340. The third-order valence-corrected chi connectivity index (χ3v) is 7.94. The number of ether oxygens (including phenoxy) is 3. The van der Waals surface area contributed by atoms with Gasteiger partial charge in [-0.25, -0.2) is 4.98 Å². The normalized spacial score (nSPS) is 20.0. The fourth-order valence-electron chi connectivity index (χ4n) is 4.96. The smallest absolute Gasteiger partial charge is 0.258 e. The summed E-state index contributed by atoms with van der Waals surface area (Å²) in [7, 11) is 4.84. The van der Waals surface area contributed by atoms with Crippen molar-refractivity contribution in [2.45, 2.75) is 31.5 Å². The highest BCUT2D eigenvalue weighted by Crippen LogP contribution is 2.40. The molecule has 41 heavy (non-hydrogen) atoms. The van der Waals surface area contributed by atoms with Crippen LogP contribution >= 0.6 is 23.2 Å². The van der Waals surface area contributed by atoms with Crippen molar-refractivity contribution in [1.29, 1.82) is 0 Å². The van der Waals surface area contributed by atoms with Gasteiger partial charge in [0.2, 0.25) is 11.8 Å². The third kappa shape index (κ3) is 5.76. The Morgan fingerprint density at radius 3 is 2.73 bits per heavy atom. The van der Waals surface area contributed by atoms with E-state index in [1.54, 1.807) is 37.3 Å². The van der Waals surface area contributed by atoms with Crippen LogP contribution in [0, 0.1) is 0 Å². The molecule has 3 aromatic rings. The highest BCUT2D eigenvalue weighted by molar-refractivity contribution is 6.34. The van der Waals surface area contributed by atoms with Crippen LogP contribution in [0.1, 0.15) is 45.7 Å². The minimum Gasteiger partial charge on any atom is -0.495 e.